The average Bonchev–Trinajstić information content (AvgIpc) is 2.61. The molecule has 0 aliphatic rings. The van der Waals surface area contributed by atoms with Gasteiger partial charge in [-0.2, -0.15) is 13.2 Å². The molecular formula is C18H15F3N2O4. The van der Waals surface area contributed by atoms with Gasteiger partial charge in [0.05, 0.1) is 5.56 Å². The molecule has 0 aromatic heterocycles. The van der Waals surface area contributed by atoms with E-state index in [1.165, 1.54) is 12.1 Å². The Bertz CT molecular complexity index is 831. The normalized spacial score (nSPS) is 10.8. The molecular weight excluding hydrogens is 365 g/mol. The number of rotatable bonds is 5. The number of ether oxygens (including phenoxy) is 1. The molecule has 9 heteroatoms. The Labute approximate surface area is 152 Å². The first-order valence-electron chi connectivity index (χ1n) is 7.67. The lowest BCUT2D eigenvalue weighted by atomic mass is 10.2. The quantitative estimate of drug-likeness (QED) is 0.780. The number of carbonyl (C=O) groups is 3. The molecule has 2 amide bonds. The van der Waals surface area contributed by atoms with Gasteiger partial charge >= 0.3 is 18.1 Å². The Hall–Kier alpha value is -3.36. The molecule has 2 N–H and O–H groups in total. The number of benzene rings is 2. The van der Waals surface area contributed by atoms with E-state index in [9.17, 15) is 27.6 Å². The molecule has 0 aliphatic heterocycles. The molecule has 0 atom stereocenters. The van der Waals surface area contributed by atoms with Gasteiger partial charge in [-0.1, -0.05) is 17.7 Å². The number of carbonyl (C=O) groups excluding carboxylic acids is 3. The van der Waals surface area contributed by atoms with Crippen molar-refractivity contribution in [2.75, 3.05) is 17.2 Å². The van der Waals surface area contributed by atoms with Crippen molar-refractivity contribution in [2.24, 2.45) is 0 Å². The summed E-state index contributed by atoms with van der Waals surface area (Å²) in [6.45, 7) is 1.37. The van der Waals surface area contributed by atoms with Crippen LogP contribution >= 0.6 is 0 Å². The Balaban J connectivity index is 1.85. The predicted octanol–water partition coefficient (Wildman–Crippen LogP) is 3.29. The minimum atomic E-state index is -5.01. The zero-order chi connectivity index (χ0) is 20.0. The van der Waals surface area contributed by atoms with Gasteiger partial charge < -0.3 is 15.4 Å². The maximum Gasteiger partial charge on any atom is 0.471 e. The first-order chi connectivity index (χ1) is 12.6. The first-order valence-corrected chi connectivity index (χ1v) is 7.67. The summed E-state index contributed by atoms with van der Waals surface area (Å²) in [5.41, 5.74) is 1.45. The Morgan fingerprint density at radius 2 is 1.41 bits per heavy atom. The lowest BCUT2D eigenvalue weighted by Crippen LogP contribution is -2.29. The molecule has 0 spiro atoms. The lowest BCUT2D eigenvalue weighted by molar-refractivity contribution is -0.167. The second-order valence-corrected chi connectivity index (χ2v) is 5.52. The molecule has 0 radical (unpaired) electrons. The van der Waals surface area contributed by atoms with E-state index >= 15 is 0 Å². The highest BCUT2D eigenvalue weighted by Crippen LogP contribution is 2.18. The number of nitrogens with one attached hydrogen (secondary N) is 2. The molecule has 0 heterocycles. The van der Waals surface area contributed by atoms with E-state index < -0.39 is 30.6 Å². The highest BCUT2D eigenvalue weighted by atomic mass is 19.4. The predicted molar refractivity (Wildman–Crippen MR) is 91.2 cm³/mol. The van der Waals surface area contributed by atoms with Gasteiger partial charge in [-0.05, 0) is 43.3 Å². The molecule has 0 aliphatic carbocycles. The molecule has 6 nitrogen and oxygen atoms in total. The Morgan fingerprint density at radius 3 is 1.96 bits per heavy atom. The van der Waals surface area contributed by atoms with E-state index in [-0.39, 0.29) is 11.3 Å². The average molecular weight is 380 g/mol. The molecule has 0 fully saturated rings. The van der Waals surface area contributed by atoms with E-state index in [1.807, 2.05) is 6.92 Å². The van der Waals surface area contributed by atoms with Crippen LogP contribution in [0.25, 0.3) is 0 Å². The number of anilines is 2. The van der Waals surface area contributed by atoms with Crippen molar-refractivity contribution < 1.29 is 32.3 Å². The SMILES string of the molecule is Cc1ccc(NC(=O)COC(=O)c2ccc(NC(=O)C(F)(F)F)cc2)cc1. The monoisotopic (exact) mass is 380 g/mol. The maximum atomic E-state index is 12.2. The van der Waals surface area contributed by atoms with Crippen molar-refractivity contribution >= 4 is 29.2 Å². The molecule has 0 saturated carbocycles. The number of hydrogen-bond acceptors (Lipinski definition) is 4. The summed E-state index contributed by atoms with van der Waals surface area (Å²) in [4.78, 5) is 34.5. The third-order valence-electron chi connectivity index (χ3n) is 3.31. The van der Waals surface area contributed by atoms with Crippen molar-refractivity contribution in [1.29, 1.82) is 0 Å². The van der Waals surface area contributed by atoms with Crippen molar-refractivity contribution in [3.8, 4) is 0 Å². The van der Waals surface area contributed by atoms with Gasteiger partial charge in [0.1, 0.15) is 0 Å². The van der Waals surface area contributed by atoms with E-state index in [2.05, 4.69) is 5.32 Å². The number of esters is 1. The van der Waals surface area contributed by atoms with Crippen LogP contribution < -0.4 is 10.6 Å². The van der Waals surface area contributed by atoms with Crippen LogP contribution in [0, 0.1) is 6.92 Å². The van der Waals surface area contributed by atoms with Crippen LogP contribution in [0.15, 0.2) is 48.5 Å². The summed E-state index contributed by atoms with van der Waals surface area (Å²) < 4.78 is 41.4. The fraction of sp³-hybridized carbons (Fsp3) is 0.167. The first kappa shape index (κ1) is 20.0. The summed E-state index contributed by atoms with van der Waals surface area (Å²) in [5.74, 6) is -3.49. The number of amides is 2. The van der Waals surface area contributed by atoms with Crippen molar-refractivity contribution in [2.45, 2.75) is 13.1 Å². The highest BCUT2D eigenvalue weighted by Gasteiger charge is 2.38. The van der Waals surface area contributed by atoms with E-state index in [1.54, 1.807) is 29.6 Å². The molecule has 2 rings (SSSR count). The highest BCUT2D eigenvalue weighted by molar-refractivity contribution is 5.97. The summed E-state index contributed by atoms with van der Waals surface area (Å²) in [7, 11) is 0. The van der Waals surface area contributed by atoms with Crippen LogP contribution in [0.5, 0.6) is 0 Å². The van der Waals surface area contributed by atoms with Gasteiger partial charge in [0.25, 0.3) is 5.91 Å². The summed E-state index contributed by atoms with van der Waals surface area (Å²) in [6, 6.07) is 11.6. The minimum absolute atomic E-state index is 0.0168. The second-order valence-electron chi connectivity index (χ2n) is 5.52. The Kier molecular flexibility index (Phi) is 6.17. The largest absolute Gasteiger partial charge is 0.471 e. The van der Waals surface area contributed by atoms with Gasteiger partial charge in [0.15, 0.2) is 6.61 Å². The van der Waals surface area contributed by atoms with Crippen molar-refractivity contribution in [3.63, 3.8) is 0 Å². The number of alkyl halides is 3. The van der Waals surface area contributed by atoms with Crippen molar-refractivity contribution in [3.05, 3.63) is 59.7 Å². The van der Waals surface area contributed by atoms with Crippen molar-refractivity contribution in [1.82, 2.24) is 0 Å². The van der Waals surface area contributed by atoms with E-state index in [4.69, 9.17) is 4.74 Å². The number of hydrogen-bond donors (Lipinski definition) is 2. The number of aryl methyl sites for hydroxylation is 1. The maximum absolute atomic E-state index is 12.2. The minimum Gasteiger partial charge on any atom is -0.452 e. The van der Waals surface area contributed by atoms with Gasteiger partial charge in [0.2, 0.25) is 0 Å². The van der Waals surface area contributed by atoms with E-state index in [0.29, 0.717) is 5.69 Å². The van der Waals surface area contributed by atoms with Gasteiger partial charge in [-0.15, -0.1) is 0 Å². The third kappa shape index (κ3) is 6.14. The fourth-order valence-corrected chi connectivity index (χ4v) is 1.94. The molecule has 0 unspecified atom stereocenters. The van der Waals surface area contributed by atoms with E-state index in [0.717, 1.165) is 17.7 Å². The Morgan fingerprint density at radius 1 is 0.889 bits per heavy atom. The second kappa shape index (κ2) is 8.35. The fourth-order valence-electron chi connectivity index (χ4n) is 1.94. The molecule has 0 bridgehead atoms. The molecule has 142 valence electrons. The van der Waals surface area contributed by atoms with Gasteiger partial charge in [-0.25, -0.2) is 4.79 Å². The smallest absolute Gasteiger partial charge is 0.452 e. The lowest BCUT2D eigenvalue weighted by Gasteiger charge is -2.09. The van der Waals surface area contributed by atoms with Crippen LogP contribution in [0.2, 0.25) is 0 Å². The molecule has 0 saturated heterocycles. The standard InChI is InChI=1S/C18H15F3N2O4/c1-11-2-6-13(7-3-11)22-15(24)10-27-16(25)12-4-8-14(9-5-12)23-17(26)18(19,20)21/h2-9H,10H2,1H3,(H,22,24)(H,23,26). The summed E-state index contributed by atoms with van der Waals surface area (Å²) in [6.07, 6.45) is -5.01. The zero-order valence-corrected chi connectivity index (χ0v) is 14.1. The van der Waals surface area contributed by atoms with Gasteiger partial charge in [-0.3, -0.25) is 9.59 Å². The van der Waals surface area contributed by atoms with Crippen LogP contribution in [0.4, 0.5) is 24.5 Å². The molecule has 2 aromatic rings. The van der Waals surface area contributed by atoms with Crippen LogP contribution in [0.3, 0.4) is 0 Å². The van der Waals surface area contributed by atoms with Crippen LogP contribution in [-0.2, 0) is 14.3 Å². The number of halogens is 3. The topological polar surface area (TPSA) is 84.5 Å². The van der Waals surface area contributed by atoms with Crippen LogP contribution in [-0.4, -0.2) is 30.6 Å². The summed E-state index contributed by atoms with van der Waals surface area (Å²) in [5, 5.41) is 4.20. The molecule has 27 heavy (non-hydrogen) atoms. The summed E-state index contributed by atoms with van der Waals surface area (Å²) >= 11 is 0. The van der Waals surface area contributed by atoms with Crippen LogP contribution in [0.1, 0.15) is 15.9 Å². The third-order valence-corrected chi connectivity index (χ3v) is 3.31. The van der Waals surface area contributed by atoms with Gasteiger partial charge in [0, 0.05) is 11.4 Å². The zero-order valence-electron chi connectivity index (χ0n) is 14.1. The molecule has 2 aromatic carbocycles.